The Morgan fingerprint density at radius 2 is 1.97 bits per heavy atom. The standard InChI is InChI=1S/C20H22N2O5S2/c1-2-27-20(24)17-16(12-6-7-12)11-28-19(17)21-18(23)13-4-3-5-15(10-13)29(25,26)22-14-8-9-14/h3-5,10-12,14,22H,2,6-9H2,1H3,(H,21,23). The molecule has 2 aromatic rings. The fraction of sp³-hybridized carbons (Fsp3) is 0.400. The lowest BCUT2D eigenvalue weighted by Gasteiger charge is -2.10. The molecule has 1 aromatic carbocycles. The lowest BCUT2D eigenvalue weighted by molar-refractivity contribution is 0.0527. The Kier molecular flexibility index (Phi) is 5.46. The largest absolute Gasteiger partial charge is 0.462 e. The Hall–Kier alpha value is -2.23. The zero-order valence-corrected chi connectivity index (χ0v) is 17.6. The second-order valence-electron chi connectivity index (χ2n) is 7.27. The number of nitrogens with one attached hydrogen (secondary N) is 2. The molecule has 1 aromatic heterocycles. The van der Waals surface area contributed by atoms with Gasteiger partial charge in [-0.2, -0.15) is 0 Å². The van der Waals surface area contributed by atoms with Crippen LogP contribution in [0.1, 0.15) is 64.8 Å². The third-order valence-electron chi connectivity index (χ3n) is 4.85. The molecule has 0 aliphatic heterocycles. The SMILES string of the molecule is CCOC(=O)c1c(C2CC2)csc1NC(=O)c1cccc(S(=O)(=O)NC2CC2)c1. The van der Waals surface area contributed by atoms with E-state index in [0.29, 0.717) is 16.5 Å². The topological polar surface area (TPSA) is 102 Å². The highest BCUT2D eigenvalue weighted by Crippen LogP contribution is 2.46. The number of amides is 1. The average molecular weight is 435 g/mol. The summed E-state index contributed by atoms with van der Waals surface area (Å²) < 4.78 is 32.6. The van der Waals surface area contributed by atoms with Gasteiger partial charge >= 0.3 is 5.97 Å². The van der Waals surface area contributed by atoms with E-state index in [2.05, 4.69) is 10.0 Å². The van der Waals surface area contributed by atoms with Crippen LogP contribution in [-0.2, 0) is 14.8 Å². The third-order valence-corrected chi connectivity index (χ3v) is 7.28. The molecular weight excluding hydrogens is 412 g/mol. The van der Waals surface area contributed by atoms with Crippen LogP contribution in [0.25, 0.3) is 0 Å². The molecule has 29 heavy (non-hydrogen) atoms. The Balaban J connectivity index is 1.57. The van der Waals surface area contributed by atoms with Crippen LogP contribution in [0.2, 0.25) is 0 Å². The summed E-state index contributed by atoms with van der Waals surface area (Å²) in [7, 11) is -3.66. The minimum Gasteiger partial charge on any atom is -0.462 e. The van der Waals surface area contributed by atoms with Crippen molar-refractivity contribution in [2.75, 3.05) is 11.9 Å². The van der Waals surface area contributed by atoms with E-state index in [1.54, 1.807) is 13.0 Å². The molecule has 0 bridgehead atoms. The van der Waals surface area contributed by atoms with Gasteiger partial charge in [0, 0.05) is 11.6 Å². The van der Waals surface area contributed by atoms with Crippen LogP contribution in [0.4, 0.5) is 5.00 Å². The first kappa shape index (κ1) is 20.1. The van der Waals surface area contributed by atoms with Gasteiger partial charge in [0.25, 0.3) is 5.91 Å². The summed E-state index contributed by atoms with van der Waals surface area (Å²) in [6, 6.07) is 5.87. The molecule has 1 amide bonds. The minimum absolute atomic E-state index is 0.0171. The Labute approximate surface area is 173 Å². The number of anilines is 1. The monoisotopic (exact) mass is 434 g/mol. The van der Waals surface area contributed by atoms with Gasteiger partial charge in [-0.05, 0) is 67.7 Å². The van der Waals surface area contributed by atoms with E-state index in [-0.39, 0.29) is 23.1 Å². The van der Waals surface area contributed by atoms with Crippen LogP contribution in [0.3, 0.4) is 0 Å². The van der Waals surface area contributed by atoms with Gasteiger partial charge in [-0.3, -0.25) is 4.79 Å². The van der Waals surface area contributed by atoms with E-state index in [0.717, 1.165) is 31.2 Å². The molecule has 4 rings (SSSR count). The Morgan fingerprint density at radius 1 is 1.21 bits per heavy atom. The van der Waals surface area contributed by atoms with Crippen molar-refractivity contribution in [2.45, 2.75) is 49.5 Å². The molecule has 2 N–H and O–H groups in total. The number of hydrogen-bond donors (Lipinski definition) is 2. The summed E-state index contributed by atoms with van der Waals surface area (Å²) >= 11 is 1.28. The van der Waals surface area contributed by atoms with Gasteiger partial charge in [0.15, 0.2) is 0 Å². The van der Waals surface area contributed by atoms with Crippen LogP contribution in [-0.4, -0.2) is 32.9 Å². The van der Waals surface area contributed by atoms with Gasteiger partial charge in [-0.1, -0.05) is 6.07 Å². The minimum atomic E-state index is -3.66. The smallest absolute Gasteiger partial charge is 0.341 e. The van der Waals surface area contributed by atoms with Crippen molar-refractivity contribution in [3.05, 3.63) is 46.3 Å². The van der Waals surface area contributed by atoms with Crippen molar-refractivity contribution in [2.24, 2.45) is 0 Å². The van der Waals surface area contributed by atoms with Gasteiger partial charge in [0.1, 0.15) is 5.00 Å². The number of ether oxygens (including phenoxy) is 1. The maximum Gasteiger partial charge on any atom is 0.341 e. The normalized spacial score (nSPS) is 16.4. The molecule has 154 valence electrons. The van der Waals surface area contributed by atoms with Gasteiger partial charge < -0.3 is 10.1 Å². The molecular formula is C20H22N2O5S2. The predicted molar refractivity (Wildman–Crippen MR) is 110 cm³/mol. The third kappa shape index (κ3) is 4.52. The number of carbonyl (C=O) groups is 2. The van der Waals surface area contributed by atoms with E-state index < -0.39 is 21.9 Å². The fourth-order valence-corrected chi connectivity index (χ4v) is 5.42. The number of rotatable bonds is 8. The molecule has 2 aliphatic rings. The molecule has 0 atom stereocenters. The number of esters is 1. The number of hydrogen-bond acceptors (Lipinski definition) is 6. The highest BCUT2D eigenvalue weighted by molar-refractivity contribution is 7.89. The average Bonchev–Trinajstić information content (AvgIpc) is 3.62. The molecule has 7 nitrogen and oxygen atoms in total. The number of thiophene rings is 1. The number of carbonyl (C=O) groups excluding carboxylic acids is 2. The van der Waals surface area contributed by atoms with E-state index in [1.165, 1.54) is 29.5 Å². The highest BCUT2D eigenvalue weighted by atomic mass is 32.2. The summed E-state index contributed by atoms with van der Waals surface area (Å²) in [6.45, 7) is 1.99. The summed E-state index contributed by atoms with van der Waals surface area (Å²) in [5.41, 5.74) is 1.53. The molecule has 0 spiro atoms. The van der Waals surface area contributed by atoms with Gasteiger partial charge in [0.05, 0.1) is 17.1 Å². The zero-order valence-electron chi connectivity index (χ0n) is 15.9. The first-order valence-electron chi connectivity index (χ1n) is 9.61. The van der Waals surface area contributed by atoms with Crippen molar-refractivity contribution in [1.82, 2.24) is 4.72 Å². The molecule has 0 radical (unpaired) electrons. The van der Waals surface area contributed by atoms with Crippen molar-refractivity contribution < 1.29 is 22.7 Å². The van der Waals surface area contributed by atoms with Crippen molar-refractivity contribution in [1.29, 1.82) is 0 Å². The molecule has 0 saturated heterocycles. The van der Waals surface area contributed by atoms with Gasteiger partial charge in [-0.15, -0.1) is 11.3 Å². The molecule has 1 heterocycles. The first-order chi connectivity index (χ1) is 13.9. The predicted octanol–water partition coefficient (Wildman–Crippen LogP) is 3.50. The first-order valence-corrected chi connectivity index (χ1v) is 12.0. The lowest BCUT2D eigenvalue weighted by Crippen LogP contribution is -2.26. The number of sulfonamides is 1. The van der Waals surface area contributed by atoms with Crippen LogP contribution >= 0.6 is 11.3 Å². The summed E-state index contributed by atoms with van der Waals surface area (Å²) in [5, 5.41) is 5.08. The van der Waals surface area contributed by atoms with Crippen LogP contribution in [0.15, 0.2) is 34.5 Å². The fourth-order valence-electron chi connectivity index (χ4n) is 3.04. The van der Waals surface area contributed by atoms with Gasteiger partial charge in [-0.25, -0.2) is 17.9 Å². The summed E-state index contributed by atoms with van der Waals surface area (Å²) in [6.07, 6.45) is 3.70. The van der Waals surface area contributed by atoms with Crippen LogP contribution < -0.4 is 10.0 Å². The summed E-state index contributed by atoms with van der Waals surface area (Å²) in [4.78, 5) is 25.3. The highest BCUT2D eigenvalue weighted by Gasteiger charge is 2.33. The van der Waals surface area contributed by atoms with E-state index >= 15 is 0 Å². The summed E-state index contributed by atoms with van der Waals surface area (Å²) in [5.74, 6) is -0.586. The number of benzene rings is 1. The van der Waals surface area contributed by atoms with E-state index in [9.17, 15) is 18.0 Å². The Morgan fingerprint density at radius 3 is 2.62 bits per heavy atom. The maximum absolute atomic E-state index is 12.8. The second-order valence-corrected chi connectivity index (χ2v) is 9.86. The van der Waals surface area contributed by atoms with Crippen LogP contribution in [0.5, 0.6) is 0 Å². The maximum atomic E-state index is 12.8. The second kappa shape index (κ2) is 7.89. The van der Waals surface area contributed by atoms with Gasteiger partial charge in [0.2, 0.25) is 10.0 Å². The molecule has 2 aliphatic carbocycles. The molecule has 2 saturated carbocycles. The Bertz CT molecular complexity index is 1050. The molecule has 2 fully saturated rings. The zero-order chi connectivity index (χ0) is 20.6. The van der Waals surface area contributed by atoms with Crippen LogP contribution in [0, 0.1) is 0 Å². The van der Waals surface area contributed by atoms with Crippen molar-refractivity contribution >= 4 is 38.2 Å². The van der Waals surface area contributed by atoms with E-state index in [4.69, 9.17) is 4.74 Å². The van der Waals surface area contributed by atoms with Crippen molar-refractivity contribution in [3.63, 3.8) is 0 Å². The lowest BCUT2D eigenvalue weighted by atomic mass is 10.1. The molecule has 0 unspecified atom stereocenters. The quantitative estimate of drug-likeness (QED) is 0.619. The molecule has 9 heteroatoms. The van der Waals surface area contributed by atoms with Crippen molar-refractivity contribution in [3.8, 4) is 0 Å². The van der Waals surface area contributed by atoms with E-state index in [1.807, 2.05) is 5.38 Å².